The van der Waals surface area contributed by atoms with Crippen molar-refractivity contribution in [3.8, 4) is 0 Å². The number of nitrogens with zero attached hydrogens (tertiary/aromatic N) is 3. The van der Waals surface area contributed by atoms with Gasteiger partial charge in [-0.25, -0.2) is 9.97 Å². The molecule has 4 heteroatoms. The van der Waals surface area contributed by atoms with Crippen LogP contribution in [0, 0.1) is 6.92 Å². The highest BCUT2D eigenvalue weighted by molar-refractivity contribution is 6.31. The highest BCUT2D eigenvalue weighted by Gasteiger charge is 2.06. The minimum absolute atomic E-state index is 0.450. The zero-order chi connectivity index (χ0) is 11.0. The third-order valence-electron chi connectivity index (χ3n) is 2.08. The summed E-state index contributed by atoms with van der Waals surface area (Å²) < 4.78 is 0. The van der Waals surface area contributed by atoms with Crippen molar-refractivity contribution in [2.45, 2.75) is 0 Å². The quantitative estimate of drug-likeness (QED) is 0.738. The number of anilines is 1. The predicted octanol–water partition coefficient (Wildman–Crippen LogP) is 2.41. The van der Waals surface area contributed by atoms with Gasteiger partial charge in [0, 0.05) is 31.4 Å². The molecule has 3 nitrogen and oxygen atoms in total. The summed E-state index contributed by atoms with van der Waals surface area (Å²) >= 11 is 5.87. The number of rotatable bonds is 1. The molecule has 0 saturated carbocycles. The fourth-order valence-corrected chi connectivity index (χ4v) is 1.48. The topological polar surface area (TPSA) is 29.0 Å². The number of benzene rings is 1. The van der Waals surface area contributed by atoms with Gasteiger partial charge in [0.05, 0.1) is 11.2 Å². The SMILES string of the molecule is [CH]c1nc(N(C)C)nc2ccc(Cl)cc12. The molecule has 0 saturated heterocycles. The lowest BCUT2D eigenvalue weighted by atomic mass is 10.2. The number of aromatic nitrogens is 2. The maximum Gasteiger partial charge on any atom is 0.225 e. The van der Waals surface area contributed by atoms with E-state index in [0.29, 0.717) is 16.7 Å². The Morgan fingerprint density at radius 1 is 1.27 bits per heavy atom. The fourth-order valence-electron chi connectivity index (χ4n) is 1.31. The first-order valence-electron chi connectivity index (χ1n) is 4.48. The van der Waals surface area contributed by atoms with Crippen LogP contribution in [0.5, 0.6) is 0 Å². The van der Waals surface area contributed by atoms with E-state index in [0.717, 1.165) is 10.9 Å². The molecule has 0 bridgehead atoms. The van der Waals surface area contributed by atoms with Crippen LogP contribution >= 0.6 is 11.6 Å². The minimum Gasteiger partial charge on any atom is -0.347 e. The third kappa shape index (κ3) is 1.88. The van der Waals surface area contributed by atoms with Crippen LogP contribution in [0.15, 0.2) is 18.2 Å². The molecule has 2 radical (unpaired) electrons. The fraction of sp³-hybridized carbons (Fsp3) is 0.182. The van der Waals surface area contributed by atoms with E-state index >= 15 is 0 Å². The van der Waals surface area contributed by atoms with Crippen LogP contribution in [0.3, 0.4) is 0 Å². The van der Waals surface area contributed by atoms with Crippen molar-refractivity contribution < 1.29 is 0 Å². The van der Waals surface area contributed by atoms with E-state index in [1.54, 1.807) is 12.1 Å². The Kier molecular flexibility index (Phi) is 2.49. The van der Waals surface area contributed by atoms with E-state index in [-0.39, 0.29) is 0 Å². The summed E-state index contributed by atoms with van der Waals surface area (Å²) in [5.41, 5.74) is 1.25. The van der Waals surface area contributed by atoms with Gasteiger partial charge in [-0.3, -0.25) is 0 Å². The van der Waals surface area contributed by atoms with Crippen molar-refractivity contribution >= 4 is 28.5 Å². The third-order valence-corrected chi connectivity index (χ3v) is 2.31. The summed E-state index contributed by atoms with van der Waals surface area (Å²) in [4.78, 5) is 10.3. The molecule has 1 aromatic carbocycles. The van der Waals surface area contributed by atoms with Crippen LogP contribution in [0.25, 0.3) is 10.9 Å². The molecule has 0 unspecified atom stereocenters. The van der Waals surface area contributed by atoms with E-state index < -0.39 is 0 Å². The van der Waals surface area contributed by atoms with Gasteiger partial charge in [-0.1, -0.05) is 11.6 Å². The molecule has 1 heterocycles. The van der Waals surface area contributed by atoms with Gasteiger partial charge in [-0.05, 0) is 18.2 Å². The van der Waals surface area contributed by atoms with Gasteiger partial charge < -0.3 is 4.90 Å². The summed E-state index contributed by atoms with van der Waals surface area (Å²) in [6, 6.07) is 5.39. The zero-order valence-corrected chi connectivity index (χ0v) is 9.28. The van der Waals surface area contributed by atoms with Crippen LogP contribution in [0.1, 0.15) is 5.69 Å². The molecule has 0 aliphatic rings. The van der Waals surface area contributed by atoms with Crippen molar-refractivity contribution in [1.29, 1.82) is 0 Å². The number of fused-ring (bicyclic) bond motifs is 1. The minimum atomic E-state index is 0.450. The van der Waals surface area contributed by atoms with Gasteiger partial charge in [0.1, 0.15) is 0 Å². The number of halogens is 1. The van der Waals surface area contributed by atoms with E-state index in [2.05, 4.69) is 9.97 Å². The Morgan fingerprint density at radius 3 is 2.67 bits per heavy atom. The van der Waals surface area contributed by atoms with Crippen molar-refractivity contribution in [1.82, 2.24) is 9.97 Å². The Hall–Kier alpha value is -1.35. The number of hydrogen-bond acceptors (Lipinski definition) is 3. The van der Waals surface area contributed by atoms with Gasteiger partial charge in [-0.2, -0.15) is 0 Å². The molecule has 0 atom stereocenters. The summed E-state index contributed by atoms with van der Waals surface area (Å²) in [6.45, 7) is 5.83. The second kappa shape index (κ2) is 3.66. The second-order valence-electron chi connectivity index (χ2n) is 3.46. The van der Waals surface area contributed by atoms with Crippen molar-refractivity contribution in [3.05, 3.63) is 35.8 Å². The van der Waals surface area contributed by atoms with Crippen LogP contribution in [-0.2, 0) is 0 Å². The molecule has 0 fully saturated rings. The summed E-state index contributed by atoms with van der Waals surface area (Å²) in [5.74, 6) is 0.599. The van der Waals surface area contributed by atoms with E-state index in [4.69, 9.17) is 18.5 Å². The van der Waals surface area contributed by atoms with Gasteiger partial charge in [0.2, 0.25) is 5.95 Å². The van der Waals surface area contributed by atoms with Crippen molar-refractivity contribution in [2.75, 3.05) is 19.0 Å². The van der Waals surface area contributed by atoms with Crippen LogP contribution in [0.2, 0.25) is 5.02 Å². The van der Waals surface area contributed by atoms with E-state index in [1.165, 1.54) is 0 Å². The molecule has 1 aromatic heterocycles. The first-order chi connectivity index (χ1) is 7.08. The predicted molar refractivity (Wildman–Crippen MR) is 62.3 cm³/mol. The van der Waals surface area contributed by atoms with Gasteiger partial charge in [0.25, 0.3) is 0 Å². The molecule has 0 spiro atoms. The second-order valence-corrected chi connectivity index (χ2v) is 3.90. The lowest BCUT2D eigenvalue weighted by Crippen LogP contribution is -2.13. The van der Waals surface area contributed by atoms with Crippen LogP contribution in [0.4, 0.5) is 5.95 Å². The molecular formula is C11H10ClN3. The molecule has 15 heavy (non-hydrogen) atoms. The smallest absolute Gasteiger partial charge is 0.225 e. The summed E-state index contributed by atoms with van der Waals surface area (Å²) in [7, 11) is 3.74. The average Bonchev–Trinajstić information content (AvgIpc) is 2.18. The maximum absolute atomic E-state index is 5.87. The number of hydrogen-bond donors (Lipinski definition) is 0. The standard InChI is InChI=1S/C11H10ClN3/c1-7-9-6-8(12)4-5-10(9)14-11(13-7)15(2)3/h1,4-6H,2-3H3. The Morgan fingerprint density at radius 2 is 2.00 bits per heavy atom. The molecule has 0 N–H and O–H groups in total. The normalized spacial score (nSPS) is 10.7. The molecule has 2 rings (SSSR count). The van der Waals surface area contributed by atoms with Crippen molar-refractivity contribution in [2.24, 2.45) is 0 Å². The van der Waals surface area contributed by atoms with Gasteiger partial charge in [-0.15, -0.1) is 0 Å². The highest BCUT2D eigenvalue weighted by atomic mass is 35.5. The van der Waals surface area contributed by atoms with Gasteiger partial charge in [0.15, 0.2) is 0 Å². The molecule has 0 aliphatic carbocycles. The highest BCUT2D eigenvalue weighted by Crippen LogP contribution is 2.21. The molecule has 76 valence electrons. The zero-order valence-electron chi connectivity index (χ0n) is 8.53. The summed E-state index contributed by atoms with van der Waals surface area (Å²) in [5, 5.41) is 1.42. The maximum atomic E-state index is 5.87. The average molecular weight is 220 g/mol. The monoisotopic (exact) mass is 219 g/mol. The van der Waals surface area contributed by atoms with Gasteiger partial charge >= 0.3 is 0 Å². The molecule has 0 aliphatic heterocycles. The summed E-state index contributed by atoms with van der Waals surface area (Å²) in [6.07, 6.45) is 0. The first-order valence-corrected chi connectivity index (χ1v) is 4.86. The lowest BCUT2D eigenvalue weighted by molar-refractivity contribution is 1.01. The van der Waals surface area contributed by atoms with Crippen molar-refractivity contribution in [3.63, 3.8) is 0 Å². The molecular weight excluding hydrogens is 210 g/mol. The van der Waals surface area contributed by atoms with E-state index in [1.807, 2.05) is 25.1 Å². The Balaban J connectivity index is 2.73. The van der Waals surface area contributed by atoms with E-state index in [9.17, 15) is 0 Å². The lowest BCUT2D eigenvalue weighted by Gasteiger charge is -2.11. The van der Waals surface area contributed by atoms with Crippen LogP contribution < -0.4 is 4.90 Å². The molecule has 2 aromatic rings. The molecule has 0 amide bonds. The van der Waals surface area contributed by atoms with Crippen LogP contribution in [-0.4, -0.2) is 24.1 Å². The first kappa shape index (κ1) is 10.2. The Labute approximate surface area is 93.7 Å². The Bertz CT molecular complexity index is 508. The largest absolute Gasteiger partial charge is 0.347 e.